The lowest BCUT2D eigenvalue weighted by Crippen LogP contribution is -2.40. The molecule has 0 N–H and O–H groups in total. The Morgan fingerprint density at radius 1 is 1.32 bits per heavy atom. The maximum absolute atomic E-state index is 12.1. The Bertz CT molecular complexity index is 456. The van der Waals surface area contributed by atoms with Gasteiger partial charge in [-0.05, 0) is 32.2 Å². The van der Waals surface area contributed by atoms with Gasteiger partial charge in [-0.15, -0.1) is 10.2 Å². The van der Waals surface area contributed by atoms with Crippen molar-refractivity contribution in [1.82, 2.24) is 19.7 Å². The van der Waals surface area contributed by atoms with E-state index in [9.17, 15) is 4.79 Å². The predicted molar refractivity (Wildman–Crippen MR) is 71.4 cm³/mol. The van der Waals surface area contributed by atoms with E-state index in [1.54, 1.807) is 6.33 Å². The van der Waals surface area contributed by atoms with Gasteiger partial charge in [-0.1, -0.05) is 6.42 Å². The number of aryl methyl sites for hydroxylation is 1. The lowest BCUT2D eigenvalue weighted by Gasteiger charge is -2.32. The van der Waals surface area contributed by atoms with Gasteiger partial charge in [-0.2, -0.15) is 0 Å². The summed E-state index contributed by atoms with van der Waals surface area (Å²) in [6.45, 7) is 1.91. The third kappa shape index (κ3) is 2.56. The smallest absolute Gasteiger partial charge is 0.146 e. The molecule has 0 aromatic carbocycles. The monoisotopic (exact) mass is 262 g/mol. The maximum atomic E-state index is 12.1. The van der Waals surface area contributed by atoms with E-state index in [2.05, 4.69) is 15.1 Å². The van der Waals surface area contributed by atoms with E-state index >= 15 is 0 Å². The van der Waals surface area contributed by atoms with Gasteiger partial charge >= 0.3 is 0 Å². The van der Waals surface area contributed by atoms with Crippen LogP contribution in [0.4, 0.5) is 0 Å². The Morgan fingerprint density at radius 3 is 2.95 bits per heavy atom. The first-order valence-electron chi connectivity index (χ1n) is 7.35. The third-order valence-corrected chi connectivity index (χ3v) is 4.63. The van der Waals surface area contributed by atoms with Crippen LogP contribution in [-0.4, -0.2) is 38.0 Å². The van der Waals surface area contributed by atoms with Crippen LogP contribution in [0.1, 0.15) is 44.3 Å². The first-order valence-corrected chi connectivity index (χ1v) is 7.35. The average molecular weight is 262 g/mol. The van der Waals surface area contributed by atoms with Gasteiger partial charge in [0.05, 0.1) is 6.54 Å². The van der Waals surface area contributed by atoms with E-state index < -0.39 is 0 Å². The second-order valence-corrected chi connectivity index (χ2v) is 5.86. The molecule has 1 aromatic heterocycles. The highest BCUT2D eigenvalue weighted by Gasteiger charge is 2.36. The Balaban J connectivity index is 1.70. The molecule has 0 bridgehead atoms. The fourth-order valence-corrected chi connectivity index (χ4v) is 3.55. The lowest BCUT2D eigenvalue weighted by atomic mass is 9.82. The zero-order chi connectivity index (χ0) is 13.2. The lowest BCUT2D eigenvalue weighted by molar-refractivity contribution is -0.126. The quantitative estimate of drug-likeness (QED) is 0.829. The van der Waals surface area contributed by atoms with Crippen LogP contribution in [0.15, 0.2) is 6.33 Å². The van der Waals surface area contributed by atoms with Crippen LogP contribution in [0.3, 0.4) is 0 Å². The van der Waals surface area contributed by atoms with E-state index in [0.29, 0.717) is 11.8 Å². The molecular weight excluding hydrogens is 240 g/mol. The molecule has 2 fully saturated rings. The van der Waals surface area contributed by atoms with Crippen LogP contribution in [0.5, 0.6) is 0 Å². The van der Waals surface area contributed by atoms with Crippen molar-refractivity contribution in [2.24, 2.45) is 13.0 Å². The van der Waals surface area contributed by atoms with Crippen molar-refractivity contribution in [3.63, 3.8) is 0 Å². The molecule has 5 heteroatoms. The number of carbonyl (C=O) groups excluding carboxylic acids is 1. The molecule has 1 aromatic rings. The number of aromatic nitrogens is 3. The predicted octanol–water partition coefficient (Wildman–Crippen LogP) is 1.54. The van der Waals surface area contributed by atoms with Crippen molar-refractivity contribution in [2.75, 3.05) is 6.54 Å². The molecule has 104 valence electrons. The summed E-state index contributed by atoms with van der Waals surface area (Å²) < 4.78 is 1.97. The molecule has 1 saturated heterocycles. The number of likely N-dealkylation sites (tertiary alicyclic amines) is 1. The molecule has 1 aliphatic carbocycles. The summed E-state index contributed by atoms with van der Waals surface area (Å²) in [4.78, 5) is 14.6. The Morgan fingerprint density at radius 2 is 2.21 bits per heavy atom. The van der Waals surface area contributed by atoms with Crippen LogP contribution >= 0.6 is 0 Å². The summed E-state index contributed by atoms with van der Waals surface area (Å²) in [5, 5.41) is 8.10. The molecule has 0 radical (unpaired) electrons. The number of hydrogen-bond donors (Lipinski definition) is 0. The number of carbonyl (C=O) groups is 1. The molecule has 5 nitrogen and oxygen atoms in total. The Labute approximate surface area is 114 Å². The highest BCUT2D eigenvalue weighted by Crippen LogP contribution is 2.32. The van der Waals surface area contributed by atoms with Gasteiger partial charge in [0, 0.05) is 25.4 Å². The number of rotatable bonds is 3. The second kappa shape index (κ2) is 5.41. The zero-order valence-corrected chi connectivity index (χ0v) is 11.6. The summed E-state index contributed by atoms with van der Waals surface area (Å²) in [7, 11) is 1.98. The van der Waals surface area contributed by atoms with Crippen molar-refractivity contribution < 1.29 is 4.79 Å². The number of nitrogens with zero attached hydrogens (tertiary/aromatic N) is 4. The molecule has 2 unspecified atom stereocenters. The summed E-state index contributed by atoms with van der Waals surface area (Å²) in [5.41, 5.74) is 0. The van der Waals surface area contributed by atoms with Gasteiger partial charge in [0.25, 0.3) is 0 Å². The van der Waals surface area contributed by atoms with Crippen LogP contribution in [-0.2, 0) is 18.4 Å². The molecule has 1 saturated carbocycles. The van der Waals surface area contributed by atoms with Crippen molar-refractivity contribution in [3.05, 3.63) is 12.2 Å². The van der Waals surface area contributed by atoms with Crippen LogP contribution in [0, 0.1) is 5.92 Å². The standard InChI is InChI=1S/C14H22N4O/c1-17-10-15-16-14(17)9-18-8-4-6-12(18)11-5-2-3-7-13(11)19/h10-12H,2-9H2,1H3. The minimum Gasteiger partial charge on any atom is -0.320 e. The zero-order valence-electron chi connectivity index (χ0n) is 11.6. The van der Waals surface area contributed by atoms with Crippen molar-refractivity contribution in [2.45, 2.75) is 51.1 Å². The van der Waals surface area contributed by atoms with E-state index in [1.807, 2.05) is 11.6 Å². The highest BCUT2D eigenvalue weighted by atomic mass is 16.1. The summed E-state index contributed by atoms with van der Waals surface area (Å²) in [6, 6.07) is 0.435. The number of Topliss-reactive ketones (excluding diaryl/α,β-unsaturated/α-hetero) is 1. The first-order chi connectivity index (χ1) is 9.25. The summed E-state index contributed by atoms with van der Waals surface area (Å²) in [5.74, 6) is 1.75. The van der Waals surface area contributed by atoms with E-state index in [0.717, 1.165) is 44.6 Å². The van der Waals surface area contributed by atoms with Crippen molar-refractivity contribution >= 4 is 5.78 Å². The van der Waals surface area contributed by atoms with Crippen LogP contribution < -0.4 is 0 Å². The van der Waals surface area contributed by atoms with Crippen molar-refractivity contribution in [3.8, 4) is 0 Å². The van der Waals surface area contributed by atoms with Gasteiger partial charge in [0.2, 0.25) is 0 Å². The summed E-state index contributed by atoms with van der Waals surface area (Å²) in [6.07, 6.45) is 8.28. The normalized spacial score (nSPS) is 29.0. The molecule has 0 amide bonds. The minimum atomic E-state index is 0.268. The average Bonchev–Trinajstić information content (AvgIpc) is 3.01. The van der Waals surface area contributed by atoms with Crippen LogP contribution in [0.2, 0.25) is 0 Å². The highest BCUT2D eigenvalue weighted by molar-refractivity contribution is 5.82. The van der Waals surface area contributed by atoms with Crippen LogP contribution in [0.25, 0.3) is 0 Å². The molecule has 2 aliphatic rings. The number of hydrogen-bond acceptors (Lipinski definition) is 4. The van der Waals surface area contributed by atoms with Crippen molar-refractivity contribution in [1.29, 1.82) is 0 Å². The number of ketones is 1. The molecule has 2 heterocycles. The molecule has 19 heavy (non-hydrogen) atoms. The molecule has 3 rings (SSSR count). The fourth-order valence-electron chi connectivity index (χ4n) is 3.55. The summed E-state index contributed by atoms with van der Waals surface area (Å²) >= 11 is 0. The van der Waals surface area contributed by atoms with E-state index in [1.165, 1.54) is 12.8 Å². The Kier molecular flexibility index (Phi) is 3.64. The molecular formula is C14H22N4O. The Hall–Kier alpha value is -1.23. The van der Waals surface area contributed by atoms with E-state index in [4.69, 9.17) is 0 Å². The third-order valence-electron chi connectivity index (χ3n) is 4.63. The van der Waals surface area contributed by atoms with Gasteiger partial charge in [0.1, 0.15) is 17.9 Å². The SMILES string of the molecule is Cn1cnnc1CN1CCCC1C1CCCCC1=O. The molecule has 0 spiro atoms. The van der Waals surface area contributed by atoms with Gasteiger partial charge < -0.3 is 4.57 Å². The maximum Gasteiger partial charge on any atom is 0.146 e. The minimum absolute atomic E-state index is 0.268. The van der Waals surface area contributed by atoms with Gasteiger partial charge in [0.15, 0.2) is 0 Å². The largest absolute Gasteiger partial charge is 0.320 e. The van der Waals surface area contributed by atoms with Gasteiger partial charge in [-0.3, -0.25) is 9.69 Å². The topological polar surface area (TPSA) is 51.0 Å². The van der Waals surface area contributed by atoms with E-state index in [-0.39, 0.29) is 5.92 Å². The first kappa shape index (κ1) is 12.8. The van der Waals surface area contributed by atoms with Gasteiger partial charge in [-0.25, -0.2) is 0 Å². The molecule has 2 atom stereocenters. The molecule has 1 aliphatic heterocycles. The fraction of sp³-hybridized carbons (Fsp3) is 0.786. The second-order valence-electron chi connectivity index (χ2n) is 5.86.